The summed E-state index contributed by atoms with van der Waals surface area (Å²) in [5, 5.41) is 24.3. The van der Waals surface area contributed by atoms with Crippen LogP contribution in [0, 0.1) is 17.5 Å². The number of rotatable bonds is 8. The summed E-state index contributed by atoms with van der Waals surface area (Å²) >= 11 is 6.10. The molecule has 0 saturated heterocycles. The van der Waals surface area contributed by atoms with E-state index >= 15 is 0 Å². The molecule has 5 aromatic rings. The largest absolute Gasteiger partial charge is 0.381 e. The molecule has 184 valence electrons. The molecule has 2 N–H and O–H groups in total. The number of aliphatic hydroxyl groups is 1. The van der Waals surface area contributed by atoms with Crippen LogP contribution in [-0.2, 0) is 25.2 Å². The van der Waals surface area contributed by atoms with Gasteiger partial charge in [0, 0.05) is 46.0 Å². The molecule has 2 aromatic heterocycles. The van der Waals surface area contributed by atoms with Crippen LogP contribution in [0.2, 0.25) is 5.02 Å². The number of nitrogens with zero attached hydrogens (tertiary/aromatic N) is 5. The van der Waals surface area contributed by atoms with Gasteiger partial charge < -0.3 is 10.4 Å². The molecule has 0 radical (unpaired) electrons. The molecule has 36 heavy (non-hydrogen) atoms. The Morgan fingerprint density at radius 3 is 2.56 bits per heavy atom. The molecular weight excluding hydrogens is 493 g/mol. The maximum Gasteiger partial charge on any atom is 0.137 e. The number of hydrogen-bond acceptors (Lipinski definition) is 5. The minimum Gasteiger partial charge on any atom is -0.381 e. The Bertz CT molecular complexity index is 1500. The Morgan fingerprint density at radius 1 is 0.972 bits per heavy atom. The van der Waals surface area contributed by atoms with Crippen molar-refractivity contribution in [2.24, 2.45) is 0 Å². The number of nitrogens with one attached hydrogen (secondary N) is 1. The summed E-state index contributed by atoms with van der Waals surface area (Å²) in [6.07, 6.45) is 4.40. The molecule has 0 bridgehead atoms. The van der Waals surface area contributed by atoms with Crippen LogP contribution >= 0.6 is 11.6 Å². The summed E-state index contributed by atoms with van der Waals surface area (Å²) in [5.41, 5.74) is -0.264. The molecule has 0 aliphatic rings. The highest BCUT2D eigenvalue weighted by atomic mass is 35.5. The van der Waals surface area contributed by atoms with Crippen LogP contribution in [0.25, 0.3) is 10.9 Å². The van der Waals surface area contributed by atoms with E-state index in [0.717, 1.165) is 17.5 Å². The van der Waals surface area contributed by atoms with Crippen molar-refractivity contribution in [1.29, 1.82) is 0 Å². The van der Waals surface area contributed by atoms with E-state index in [9.17, 15) is 18.3 Å². The van der Waals surface area contributed by atoms with Gasteiger partial charge in [0.05, 0.1) is 18.6 Å². The molecule has 3 aromatic carbocycles. The summed E-state index contributed by atoms with van der Waals surface area (Å²) < 4.78 is 45.2. The second-order valence-electron chi connectivity index (χ2n) is 8.40. The van der Waals surface area contributed by atoms with Gasteiger partial charge in [0.25, 0.3) is 0 Å². The highest BCUT2D eigenvalue weighted by Gasteiger charge is 2.34. The van der Waals surface area contributed by atoms with Gasteiger partial charge in [-0.1, -0.05) is 23.7 Å². The summed E-state index contributed by atoms with van der Waals surface area (Å²) in [7, 11) is 0. The lowest BCUT2D eigenvalue weighted by molar-refractivity contribution is -0.00828. The standard InChI is InChI=1S/C25H20ClF3N6O/c26-21-2-1-3-22(28)19(21)10-31-18-6-4-16-11-34(33-24(16)9-18)12-25(36,13-35-15-30-14-32-35)20-7-5-17(27)8-23(20)29/h1-9,11,14-15,31,36H,10,12-13H2. The molecular formula is C25H20ClF3N6O. The average Bonchev–Trinajstić information content (AvgIpc) is 3.47. The molecule has 1 atom stereocenters. The van der Waals surface area contributed by atoms with Crippen LogP contribution in [0.15, 0.2) is 73.4 Å². The van der Waals surface area contributed by atoms with Crippen LogP contribution in [0.4, 0.5) is 18.9 Å². The van der Waals surface area contributed by atoms with Gasteiger partial charge in [-0.3, -0.25) is 4.68 Å². The minimum atomic E-state index is -1.81. The van der Waals surface area contributed by atoms with Gasteiger partial charge >= 0.3 is 0 Å². The van der Waals surface area contributed by atoms with E-state index in [-0.39, 0.29) is 25.2 Å². The van der Waals surface area contributed by atoms with Crippen molar-refractivity contribution >= 4 is 28.2 Å². The summed E-state index contributed by atoms with van der Waals surface area (Å²) in [4.78, 5) is 3.86. The molecule has 1 unspecified atom stereocenters. The van der Waals surface area contributed by atoms with Crippen molar-refractivity contribution < 1.29 is 18.3 Å². The van der Waals surface area contributed by atoms with Crippen molar-refractivity contribution in [3.63, 3.8) is 0 Å². The zero-order valence-corrected chi connectivity index (χ0v) is 19.5. The first-order chi connectivity index (χ1) is 17.3. The number of aromatic nitrogens is 5. The van der Waals surface area contributed by atoms with E-state index in [4.69, 9.17) is 11.6 Å². The normalized spacial score (nSPS) is 13.1. The third kappa shape index (κ3) is 4.91. The lowest BCUT2D eigenvalue weighted by Gasteiger charge is -2.28. The third-order valence-corrected chi connectivity index (χ3v) is 6.19. The smallest absolute Gasteiger partial charge is 0.137 e. The first kappa shape index (κ1) is 23.8. The van der Waals surface area contributed by atoms with E-state index in [0.29, 0.717) is 21.8 Å². The lowest BCUT2D eigenvalue weighted by Crippen LogP contribution is -2.37. The van der Waals surface area contributed by atoms with Gasteiger partial charge in [0.15, 0.2) is 0 Å². The molecule has 7 nitrogen and oxygen atoms in total. The van der Waals surface area contributed by atoms with E-state index in [1.807, 2.05) is 12.1 Å². The predicted octanol–water partition coefficient (Wildman–Crippen LogP) is 4.90. The van der Waals surface area contributed by atoms with Gasteiger partial charge in [-0.25, -0.2) is 22.8 Å². The average molecular weight is 513 g/mol. The van der Waals surface area contributed by atoms with Gasteiger partial charge in [-0.15, -0.1) is 0 Å². The van der Waals surface area contributed by atoms with E-state index in [1.165, 1.54) is 34.2 Å². The Kier molecular flexibility index (Phi) is 6.38. The van der Waals surface area contributed by atoms with Crippen LogP contribution < -0.4 is 5.32 Å². The Balaban J connectivity index is 1.42. The van der Waals surface area contributed by atoms with E-state index < -0.39 is 23.1 Å². The number of hydrogen-bond donors (Lipinski definition) is 2. The first-order valence-corrected chi connectivity index (χ1v) is 11.3. The lowest BCUT2D eigenvalue weighted by atomic mass is 9.93. The van der Waals surface area contributed by atoms with Crippen molar-refractivity contribution in [3.05, 3.63) is 107 Å². The summed E-state index contributed by atoms with van der Waals surface area (Å²) in [6.45, 7) is -0.0983. The zero-order valence-electron chi connectivity index (χ0n) is 18.7. The van der Waals surface area contributed by atoms with Crippen LogP contribution in [0.1, 0.15) is 11.1 Å². The third-order valence-electron chi connectivity index (χ3n) is 5.83. The molecule has 0 saturated carbocycles. The van der Waals surface area contributed by atoms with E-state index in [1.54, 1.807) is 24.4 Å². The van der Waals surface area contributed by atoms with Crippen molar-refractivity contribution in [2.45, 2.75) is 25.2 Å². The number of fused-ring (bicyclic) bond motifs is 1. The van der Waals surface area contributed by atoms with Gasteiger partial charge in [0.1, 0.15) is 35.7 Å². The van der Waals surface area contributed by atoms with Crippen molar-refractivity contribution in [2.75, 3.05) is 5.32 Å². The first-order valence-electron chi connectivity index (χ1n) is 10.9. The Labute approximate surface area is 208 Å². The molecule has 0 fully saturated rings. The Morgan fingerprint density at radius 2 is 1.81 bits per heavy atom. The monoisotopic (exact) mass is 512 g/mol. The fourth-order valence-corrected chi connectivity index (χ4v) is 4.32. The topological polar surface area (TPSA) is 80.8 Å². The van der Waals surface area contributed by atoms with Crippen molar-refractivity contribution in [3.8, 4) is 0 Å². The van der Waals surface area contributed by atoms with Crippen LogP contribution in [0.3, 0.4) is 0 Å². The molecule has 0 aliphatic carbocycles. The maximum absolute atomic E-state index is 14.7. The summed E-state index contributed by atoms with van der Waals surface area (Å²) in [5.74, 6) is -2.03. The maximum atomic E-state index is 14.7. The fraction of sp³-hybridized carbons (Fsp3) is 0.160. The van der Waals surface area contributed by atoms with Gasteiger partial charge in [0.2, 0.25) is 0 Å². The molecule has 0 amide bonds. The zero-order chi connectivity index (χ0) is 25.3. The van der Waals surface area contributed by atoms with Gasteiger partial charge in [-0.2, -0.15) is 10.2 Å². The highest BCUT2D eigenvalue weighted by Crippen LogP contribution is 2.29. The fourth-order valence-electron chi connectivity index (χ4n) is 4.09. The van der Waals surface area contributed by atoms with E-state index in [2.05, 4.69) is 20.5 Å². The quantitative estimate of drug-likeness (QED) is 0.309. The SMILES string of the molecule is OC(Cn1cncn1)(Cn1cc2ccc(NCc3c(F)cccc3Cl)cc2n1)c1ccc(F)cc1F. The number of anilines is 1. The molecule has 0 aliphatic heterocycles. The number of benzene rings is 3. The number of halogens is 4. The molecule has 2 heterocycles. The second-order valence-corrected chi connectivity index (χ2v) is 8.81. The summed E-state index contributed by atoms with van der Waals surface area (Å²) in [6, 6.07) is 12.9. The second kappa shape index (κ2) is 9.63. The van der Waals surface area contributed by atoms with Crippen molar-refractivity contribution in [1.82, 2.24) is 24.5 Å². The molecule has 5 rings (SSSR count). The molecule has 0 spiro atoms. The Hall–Kier alpha value is -3.89. The highest BCUT2D eigenvalue weighted by molar-refractivity contribution is 6.31. The molecule has 11 heteroatoms. The van der Waals surface area contributed by atoms with Crippen LogP contribution in [-0.4, -0.2) is 29.7 Å². The predicted molar refractivity (Wildman–Crippen MR) is 129 cm³/mol. The van der Waals surface area contributed by atoms with Gasteiger partial charge in [-0.05, 0) is 36.4 Å². The minimum absolute atomic E-state index is 0.0944. The van der Waals surface area contributed by atoms with Crippen LogP contribution in [0.5, 0.6) is 0 Å².